The van der Waals surface area contributed by atoms with Gasteiger partial charge in [0.15, 0.2) is 5.78 Å². The SMILES string of the molecule is COc1ccc(C(=O)C=Cc2cc(-c3ccccc3C)ccc2OCCN(C)C)cc1CN(C)C. The van der Waals surface area contributed by atoms with Gasteiger partial charge in [0.1, 0.15) is 18.1 Å². The van der Waals surface area contributed by atoms with Crippen molar-refractivity contribution in [2.75, 3.05) is 48.5 Å². The van der Waals surface area contributed by atoms with E-state index < -0.39 is 0 Å². The minimum absolute atomic E-state index is 0.0619. The standard InChI is InChI=1S/C30H36N2O3/c1-22-9-7-8-10-27(22)23-12-16-30(35-18-17-31(2)3)25(19-23)11-14-28(33)24-13-15-29(34-6)26(20-24)21-32(4)5/h7-16,19-20H,17-18,21H2,1-6H3. The van der Waals surface area contributed by atoms with Crippen LogP contribution in [0.1, 0.15) is 27.0 Å². The first kappa shape index (κ1) is 26.2. The predicted octanol–water partition coefficient (Wildman–Crippen LogP) is 5.57. The maximum absolute atomic E-state index is 13.1. The van der Waals surface area contributed by atoms with Gasteiger partial charge in [-0.1, -0.05) is 30.3 Å². The van der Waals surface area contributed by atoms with E-state index in [0.29, 0.717) is 18.7 Å². The van der Waals surface area contributed by atoms with Crippen LogP contribution in [0, 0.1) is 6.92 Å². The normalized spacial score (nSPS) is 11.4. The van der Waals surface area contributed by atoms with Crippen molar-refractivity contribution in [2.24, 2.45) is 0 Å². The van der Waals surface area contributed by atoms with Crippen LogP contribution in [0.3, 0.4) is 0 Å². The van der Waals surface area contributed by atoms with E-state index in [-0.39, 0.29) is 5.78 Å². The Hall–Kier alpha value is -3.41. The van der Waals surface area contributed by atoms with Crippen molar-refractivity contribution in [1.29, 1.82) is 0 Å². The first-order valence-corrected chi connectivity index (χ1v) is 11.8. The van der Waals surface area contributed by atoms with Gasteiger partial charge in [0.2, 0.25) is 0 Å². The molecule has 0 spiro atoms. The van der Waals surface area contributed by atoms with Crippen molar-refractivity contribution in [1.82, 2.24) is 9.80 Å². The average Bonchev–Trinajstić information content (AvgIpc) is 2.82. The molecule has 0 saturated heterocycles. The molecule has 0 aliphatic carbocycles. The Morgan fingerprint density at radius 2 is 1.66 bits per heavy atom. The first-order chi connectivity index (χ1) is 16.8. The molecular weight excluding hydrogens is 436 g/mol. The molecule has 0 bridgehead atoms. The summed E-state index contributed by atoms with van der Waals surface area (Å²) in [5.74, 6) is 1.48. The number of hydrogen-bond acceptors (Lipinski definition) is 5. The molecule has 0 amide bonds. The van der Waals surface area contributed by atoms with Crippen LogP contribution in [0.2, 0.25) is 0 Å². The number of allylic oxidation sites excluding steroid dienone is 1. The van der Waals surface area contributed by atoms with Gasteiger partial charge in [-0.25, -0.2) is 0 Å². The highest BCUT2D eigenvalue weighted by Gasteiger charge is 2.11. The number of carbonyl (C=O) groups is 1. The van der Waals surface area contributed by atoms with E-state index in [1.54, 1.807) is 13.2 Å². The zero-order valence-corrected chi connectivity index (χ0v) is 21.7. The molecule has 35 heavy (non-hydrogen) atoms. The Balaban J connectivity index is 1.92. The van der Waals surface area contributed by atoms with Crippen molar-refractivity contribution < 1.29 is 14.3 Å². The molecule has 5 nitrogen and oxygen atoms in total. The predicted molar refractivity (Wildman–Crippen MR) is 144 cm³/mol. The summed E-state index contributed by atoms with van der Waals surface area (Å²) in [5, 5.41) is 0. The molecule has 0 unspecified atom stereocenters. The zero-order valence-electron chi connectivity index (χ0n) is 21.7. The lowest BCUT2D eigenvalue weighted by molar-refractivity contribution is 0.104. The second-order valence-corrected chi connectivity index (χ2v) is 9.18. The number of likely N-dealkylation sites (N-methyl/N-ethyl adjacent to an activating group) is 1. The van der Waals surface area contributed by atoms with Crippen LogP contribution in [0.15, 0.2) is 66.7 Å². The van der Waals surface area contributed by atoms with E-state index in [4.69, 9.17) is 9.47 Å². The summed E-state index contributed by atoms with van der Waals surface area (Å²) in [4.78, 5) is 17.2. The molecule has 5 heteroatoms. The molecule has 0 heterocycles. The van der Waals surface area contributed by atoms with Crippen molar-refractivity contribution >= 4 is 11.9 Å². The van der Waals surface area contributed by atoms with Crippen LogP contribution in [0.4, 0.5) is 0 Å². The fraction of sp³-hybridized carbons (Fsp3) is 0.300. The van der Waals surface area contributed by atoms with Gasteiger partial charge in [0, 0.05) is 29.8 Å². The van der Waals surface area contributed by atoms with Crippen molar-refractivity contribution in [3.8, 4) is 22.6 Å². The minimum atomic E-state index is -0.0619. The smallest absolute Gasteiger partial charge is 0.185 e. The topological polar surface area (TPSA) is 42.0 Å². The summed E-state index contributed by atoms with van der Waals surface area (Å²) >= 11 is 0. The highest BCUT2D eigenvalue weighted by molar-refractivity contribution is 6.07. The molecular formula is C30H36N2O3. The van der Waals surface area contributed by atoms with Crippen LogP contribution < -0.4 is 9.47 Å². The molecule has 3 aromatic rings. The Labute approximate surface area is 209 Å². The van der Waals surface area contributed by atoms with E-state index in [1.165, 1.54) is 5.56 Å². The molecule has 0 radical (unpaired) electrons. The van der Waals surface area contributed by atoms with Gasteiger partial charge >= 0.3 is 0 Å². The van der Waals surface area contributed by atoms with E-state index in [0.717, 1.165) is 40.3 Å². The molecule has 0 N–H and O–H groups in total. The molecule has 0 aliphatic rings. The van der Waals surface area contributed by atoms with Crippen LogP contribution in [0.5, 0.6) is 11.5 Å². The number of hydrogen-bond donors (Lipinski definition) is 0. The summed E-state index contributed by atoms with van der Waals surface area (Å²) in [6.45, 7) is 4.17. The van der Waals surface area contributed by atoms with E-state index in [2.05, 4.69) is 41.0 Å². The molecule has 3 rings (SSSR count). The van der Waals surface area contributed by atoms with Crippen LogP contribution >= 0.6 is 0 Å². The summed E-state index contributed by atoms with van der Waals surface area (Å²) < 4.78 is 11.5. The Morgan fingerprint density at radius 3 is 2.34 bits per heavy atom. The number of benzene rings is 3. The van der Waals surface area contributed by atoms with Gasteiger partial charge in [-0.3, -0.25) is 4.79 Å². The number of ether oxygens (including phenoxy) is 2. The van der Waals surface area contributed by atoms with E-state index in [1.807, 2.05) is 70.7 Å². The summed E-state index contributed by atoms with van der Waals surface area (Å²) in [5.41, 5.74) is 5.94. The van der Waals surface area contributed by atoms with Gasteiger partial charge in [0.05, 0.1) is 7.11 Å². The summed E-state index contributed by atoms with van der Waals surface area (Å²) in [7, 11) is 9.67. The highest BCUT2D eigenvalue weighted by Crippen LogP contribution is 2.30. The van der Waals surface area contributed by atoms with Gasteiger partial charge in [-0.05, 0) is 94.3 Å². The highest BCUT2D eigenvalue weighted by atomic mass is 16.5. The van der Waals surface area contributed by atoms with Gasteiger partial charge in [-0.2, -0.15) is 0 Å². The average molecular weight is 473 g/mol. The molecule has 0 aromatic heterocycles. The molecule has 0 atom stereocenters. The summed E-state index contributed by atoms with van der Waals surface area (Å²) in [6, 6.07) is 20.0. The number of methoxy groups -OCH3 is 1. The van der Waals surface area contributed by atoms with Gasteiger partial charge in [0.25, 0.3) is 0 Å². The van der Waals surface area contributed by atoms with Crippen molar-refractivity contribution in [3.05, 3.63) is 89.0 Å². The molecule has 0 aliphatic heterocycles. The number of aryl methyl sites for hydroxylation is 1. The Morgan fingerprint density at radius 1 is 0.914 bits per heavy atom. The second-order valence-electron chi connectivity index (χ2n) is 9.18. The zero-order chi connectivity index (χ0) is 25.4. The van der Waals surface area contributed by atoms with Crippen LogP contribution in [0.25, 0.3) is 17.2 Å². The van der Waals surface area contributed by atoms with Gasteiger partial charge in [-0.15, -0.1) is 0 Å². The van der Waals surface area contributed by atoms with Gasteiger partial charge < -0.3 is 19.3 Å². The monoisotopic (exact) mass is 472 g/mol. The maximum atomic E-state index is 13.1. The maximum Gasteiger partial charge on any atom is 0.185 e. The Kier molecular flexibility index (Phi) is 9.24. The second kappa shape index (κ2) is 12.3. The quantitative estimate of drug-likeness (QED) is 0.270. The lowest BCUT2D eigenvalue weighted by atomic mass is 9.98. The Bertz CT molecular complexity index is 1180. The third-order valence-electron chi connectivity index (χ3n) is 5.73. The van der Waals surface area contributed by atoms with Crippen molar-refractivity contribution in [3.63, 3.8) is 0 Å². The lowest BCUT2D eigenvalue weighted by Crippen LogP contribution is -2.19. The minimum Gasteiger partial charge on any atom is -0.496 e. The number of rotatable bonds is 11. The fourth-order valence-corrected chi connectivity index (χ4v) is 3.87. The third-order valence-corrected chi connectivity index (χ3v) is 5.73. The number of carbonyl (C=O) groups excluding carboxylic acids is 1. The molecule has 0 saturated carbocycles. The molecule has 0 fully saturated rings. The van der Waals surface area contributed by atoms with E-state index >= 15 is 0 Å². The lowest BCUT2D eigenvalue weighted by Gasteiger charge is -2.15. The number of ketones is 1. The fourth-order valence-electron chi connectivity index (χ4n) is 3.87. The van der Waals surface area contributed by atoms with Crippen molar-refractivity contribution in [2.45, 2.75) is 13.5 Å². The largest absolute Gasteiger partial charge is 0.496 e. The van der Waals surface area contributed by atoms with Crippen LogP contribution in [-0.2, 0) is 6.54 Å². The molecule has 184 valence electrons. The molecule has 3 aromatic carbocycles. The number of nitrogens with zero attached hydrogens (tertiary/aromatic N) is 2. The first-order valence-electron chi connectivity index (χ1n) is 11.8. The van der Waals surface area contributed by atoms with Crippen LogP contribution in [-0.4, -0.2) is 64.0 Å². The third kappa shape index (κ3) is 7.28. The summed E-state index contributed by atoms with van der Waals surface area (Å²) in [6.07, 6.45) is 3.47. The van der Waals surface area contributed by atoms with E-state index in [9.17, 15) is 4.79 Å².